The van der Waals surface area contributed by atoms with Gasteiger partial charge < -0.3 is 24.8 Å². The van der Waals surface area contributed by atoms with Crippen LogP contribution >= 0.6 is 69.6 Å². The van der Waals surface area contributed by atoms with E-state index in [1.54, 1.807) is 0 Å². The summed E-state index contributed by atoms with van der Waals surface area (Å²) in [5.74, 6) is -3.72. The molecule has 0 radical (unpaired) electrons. The molecule has 0 bridgehead atoms. The maximum absolute atomic E-state index is 13.2. The normalized spacial score (nSPS) is 17.6. The number of hydrogen-bond donors (Lipinski definition) is 3. The average molecular weight is 583 g/mol. The minimum absolute atomic E-state index is 0.0631. The molecule has 1 unspecified atom stereocenters. The number of phenols is 2. The van der Waals surface area contributed by atoms with Crippen LogP contribution in [-0.2, 0) is 10.3 Å². The number of aromatic carboxylic acids is 1. The van der Waals surface area contributed by atoms with Crippen molar-refractivity contribution in [2.75, 3.05) is 0 Å². The fourth-order valence-corrected chi connectivity index (χ4v) is 5.91. The summed E-state index contributed by atoms with van der Waals surface area (Å²) in [5, 5.41) is 27.7. The van der Waals surface area contributed by atoms with Gasteiger partial charge in [0.15, 0.2) is 17.1 Å². The van der Waals surface area contributed by atoms with E-state index in [2.05, 4.69) is 0 Å². The van der Waals surface area contributed by atoms with Crippen LogP contribution in [0, 0.1) is 0 Å². The second-order valence-electron chi connectivity index (χ2n) is 7.22. The van der Waals surface area contributed by atoms with Crippen molar-refractivity contribution < 1.29 is 34.4 Å². The smallest absolute Gasteiger partial charge is 0.341 e. The monoisotopic (exact) mass is 580 g/mol. The Kier molecular flexibility index (Phi) is 5.26. The summed E-state index contributed by atoms with van der Waals surface area (Å²) in [6, 6.07) is 3.80. The number of fused-ring (bicyclic) bond motifs is 6. The van der Waals surface area contributed by atoms with Crippen molar-refractivity contribution in [1.82, 2.24) is 0 Å². The molecule has 0 aliphatic carbocycles. The Morgan fingerprint density at radius 3 is 2.18 bits per heavy atom. The second kappa shape index (κ2) is 7.62. The first-order valence-corrected chi connectivity index (χ1v) is 11.3. The lowest BCUT2D eigenvalue weighted by Crippen LogP contribution is -2.34. The van der Waals surface area contributed by atoms with Crippen molar-refractivity contribution in [2.24, 2.45) is 0 Å². The Balaban J connectivity index is 2.06. The highest BCUT2D eigenvalue weighted by Crippen LogP contribution is 2.64. The molecular formula is C21H6Cl6O7. The number of carboxylic acid groups (broad SMARTS) is 1. The standard InChI is InChI=1S/C21H6Cl6O7/c22-11-8(19(30)31)13(24)12(23)7-9(11)21(34-20(7)32)5-2-1-4(28)3-6(5)33-18-10(21)14(25)15(26)17(29)16(18)27/h1-3,28-29H,(H,30,31). The van der Waals surface area contributed by atoms with Gasteiger partial charge in [0.05, 0.1) is 36.8 Å². The van der Waals surface area contributed by atoms with Gasteiger partial charge in [-0.2, -0.15) is 0 Å². The zero-order chi connectivity index (χ0) is 24.9. The summed E-state index contributed by atoms with van der Waals surface area (Å²) in [5.41, 5.74) is -3.26. The minimum Gasteiger partial charge on any atom is -0.508 e. The molecule has 13 heteroatoms. The van der Waals surface area contributed by atoms with Gasteiger partial charge in [-0.1, -0.05) is 69.6 Å². The van der Waals surface area contributed by atoms with Gasteiger partial charge in [-0.05, 0) is 12.1 Å². The molecule has 2 aliphatic rings. The SMILES string of the molecule is O=C(O)c1c(Cl)c(Cl)c2c(c1Cl)C1(OC2=O)c2ccc(O)cc2Oc2c(Cl)c(O)c(Cl)c(Cl)c21. The van der Waals surface area contributed by atoms with E-state index in [4.69, 9.17) is 79.1 Å². The maximum Gasteiger partial charge on any atom is 0.341 e. The molecule has 3 N–H and O–H groups in total. The molecular weight excluding hydrogens is 577 g/mol. The highest BCUT2D eigenvalue weighted by Gasteiger charge is 2.58. The molecule has 0 saturated carbocycles. The van der Waals surface area contributed by atoms with Crippen LogP contribution in [0.3, 0.4) is 0 Å². The van der Waals surface area contributed by atoms with Gasteiger partial charge in [0.25, 0.3) is 0 Å². The molecule has 0 amide bonds. The molecule has 1 atom stereocenters. The highest BCUT2D eigenvalue weighted by molar-refractivity contribution is 6.49. The third-order valence-corrected chi connectivity index (χ3v) is 7.92. The van der Waals surface area contributed by atoms with Crippen LogP contribution in [0.1, 0.15) is 37.4 Å². The summed E-state index contributed by atoms with van der Waals surface area (Å²) in [6.07, 6.45) is 0. The van der Waals surface area contributed by atoms with Gasteiger partial charge >= 0.3 is 11.9 Å². The lowest BCUT2D eigenvalue weighted by Gasteiger charge is -2.38. The number of hydrogen-bond acceptors (Lipinski definition) is 6. The molecule has 0 saturated heterocycles. The third kappa shape index (κ3) is 2.80. The van der Waals surface area contributed by atoms with E-state index in [-0.39, 0.29) is 44.5 Å². The van der Waals surface area contributed by atoms with Crippen LogP contribution in [0.5, 0.6) is 23.0 Å². The Morgan fingerprint density at radius 2 is 1.53 bits per heavy atom. The predicted molar refractivity (Wildman–Crippen MR) is 125 cm³/mol. The van der Waals surface area contributed by atoms with Crippen molar-refractivity contribution in [3.8, 4) is 23.0 Å². The lowest BCUT2D eigenvalue weighted by atomic mass is 9.77. The number of ether oxygens (including phenoxy) is 2. The first-order chi connectivity index (χ1) is 15.9. The Morgan fingerprint density at radius 1 is 0.853 bits per heavy atom. The van der Waals surface area contributed by atoms with Crippen LogP contribution in [0.2, 0.25) is 30.1 Å². The summed E-state index contributed by atoms with van der Waals surface area (Å²) in [7, 11) is 0. The van der Waals surface area contributed by atoms with Crippen molar-refractivity contribution in [2.45, 2.75) is 5.60 Å². The Bertz CT molecular complexity index is 1500. The summed E-state index contributed by atoms with van der Waals surface area (Å²) >= 11 is 38.0. The molecule has 2 aliphatic heterocycles. The highest BCUT2D eigenvalue weighted by atomic mass is 35.5. The zero-order valence-corrected chi connectivity index (χ0v) is 20.5. The van der Waals surface area contributed by atoms with Gasteiger partial charge in [0, 0.05) is 17.2 Å². The Labute approximate surface area is 219 Å². The van der Waals surface area contributed by atoms with E-state index in [1.165, 1.54) is 18.2 Å². The van der Waals surface area contributed by atoms with Crippen LogP contribution in [-0.4, -0.2) is 27.3 Å². The molecule has 3 aromatic carbocycles. The zero-order valence-electron chi connectivity index (χ0n) is 16.0. The number of carboxylic acids is 1. The number of carbonyl (C=O) groups is 2. The number of esters is 1. The number of aromatic hydroxyl groups is 2. The molecule has 2 heterocycles. The van der Waals surface area contributed by atoms with Crippen molar-refractivity contribution in [3.05, 3.63) is 76.2 Å². The molecule has 5 rings (SSSR count). The van der Waals surface area contributed by atoms with E-state index in [1.807, 2.05) is 0 Å². The van der Waals surface area contributed by atoms with Crippen molar-refractivity contribution in [1.29, 1.82) is 0 Å². The van der Waals surface area contributed by atoms with E-state index in [9.17, 15) is 24.9 Å². The van der Waals surface area contributed by atoms with Gasteiger partial charge in [-0.15, -0.1) is 0 Å². The summed E-state index contributed by atoms with van der Waals surface area (Å²) in [6.45, 7) is 0. The largest absolute Gasteiger partial charge is 0.508 e. The second-order valence-corrected chi connectivity index (χ2v) is 9.49. The maximum atomic E-state index is 13.2. The minimum atomic E-state index is -2.09. The topological polar surface area (TPSA) is 113 Å². The number of benzene rings is 3. The van der Waals surface area contributed by atoms with Crippen LogP contribution in [0.25, 0.3) is 0 Å². The molecule has 0 aromatic heterocycles. The molecule has 3 aromatic rings. The number of carbonyl (C=O) groups excluding carboxylic acids is 1. The van der Waals surface area contributed by atoms with Gasteiger partial charge in [-0.25, -0.2) is 9.59 Å². The molecule has 7 nitrogen and oxygen atoms in total. The van der Waals surface area contributed by atoms with Gasteiger partial charge in [0.2, 0.25) is 0 Å². The van der Waals surface area contributed by atoms with E-state index in [0.29, 0.717) is 0 Å². The number of halogens is 6. The molecule has 34 heavy (non-hydrogen) atoms. The van der Waals surface area contributed by atoms with E-state index in [0.717, 1.165) is 0 Å². The Hall–Kier alpha value is -2.26. The van der Waals surface area contributed by atoms with Crippen LogP contribution in [0.15, 0.2) is 18.2 Å². The lowest BCUT2D eigenvalue weighted by molar-refractivity contribution is 0.0225. The number of phenolic OH excluding ortho intramolecular Hbond substituents is 2. The fraction of sp³-hybridized carbons (Fsp3) is 0.0476. The first kappa shape index (κ1) is 23.5. The van der Waals surface area contributed by atoms with Crippen molar-refractivity contribution in [3.63, 3.8) is 0 Å². The first-order valence-electron chi connectivity index (χ1n) is 9.02. The van der Waals surface area contributed by atoms with Crippen molar-refractivity contribution >= 4 is 81.5 Å². The van der Waals surface area contributed by atoms with E-state index < -0.39 is 54.0 Å². The number of rotatable bonds is 1. The fourth-order valence-electron chi connectivity index (χ4n) is 4.15. The molecule has 174 valence electrons. The van der Waals surface area contributed by atoms with Gasteiger partial charge in [-0.3, -0.25) is 0 Å². The molecule has 0 fully saturated rings. The predicted octanol–water partition coefficient (Wildman–Crippen LogP) is 7.28. The summed E-state index contributed by atoms with van der Waals surface area (Å²) in [4.78, 5) is 25.2. The van der Waals surface area contributed by atoms with Crippen LogP contribution in [0.4, 0.5) is 0 Å². The average Bonchev–Trinajstić information content (AvgIpc) is 3.07. The van der Waals surface area contributed by atoms with Gasteiger partial charge in [0.1, 0.15) is 21.5 Å². The van der Waals surface area contributed by atoms with E-state index >= 15 is 0 Å². The molecule has 1 spiro atoms. The summed E-state index contributed by atoms with van der Waals surface area (Å²) < 4.78 is 11.6. The third-order valence-electron chi connectivity index (χ3n) is 5.50. The van der Waals surface area contributed by atoms with Crippen LogP contribution < -0.4 is 4.74 Å². The quantitative estimate of drug-likeness (QED) is 0.204.